The summed E-state index contributed by atoms with van der Waals surface area (Å²) in [5.74, 6) is -0.291. The number of nitrogens with zero attached hydrogens (tertiary/aromatic N) is 1. The molecule has 92 valence electrons. The van der Waals surface area contributed by atoms with Crippen molar-refractivity contribution >= 4 is 23.0 Å². The molecule has 0 bridgehead atoms. The van der Waals surface area contributed by atoms with Crippen LogP contribution in [-0.4, -0.2) is 19.0 Å². The first-order valence-electron chi connectivity index (χ1n) is 5.77. The quantitative estimate of drug-likeness (QED) is 0.651. The monoisotopic (exact) mass is 234 g/mol. The number of carbonyl (C=O) groups excluding carboxylic acids is 1. The van der Waals surface area contributed by atoms with Gasteiger partial charge in [0.2, 0.25) is 5.91 Å². The number of amides is 1. The average molecular weight is 234 g/mol. The second kappa shape index (κ2) is 4.53. The van der Waals surface area contributed by atoms with Gasteiger partial charge in [0.1, 0.15) is 0 Å². The Balaban J connectivity index is 2.16. The van der Waals surface area contributed by atoms with Crippen LogP contribution in [0.25, 0.3) is 0 Å². The molecular formula is C12H18N4O. The normalized spacial score (nSPS) is 20.2. The predicted molar refractivity (Wildman–Crippen MR) is 69.4 cm³/mol. The number of benzene rings is 1. The summed E-state index contributed by atoms with van der Waals surface area (Å²) in [6, 6.07) is 5.56. The molecule has 2 rings (SSSR count). The standard InChI is InChI=1S/C12H18N4O/c13-10-4-3-9(6-11(10)14)16-5-1-2-8(7-16)12(15)17/h3-4,6,8H,1-2,5,7,13-14H2,(H2,15,17). The van der Waals surface area contributed by atoms with Gasteiger partial charge in [-0.3, -0.25) is 4.79 Å². The van der Waals surface area contributed by atoms with Gasteiger partial charge in [-0.05, 0) is 31.0 Å². The van der Waals surface area contributed by atoms with E-state index >= 15 is 0 Å². The lowest BCUT2D eigenvalue weighted by Crippen LogP contribution is -2.41. The summed E-state index contributed by atoms with van der Waals surface area (Å²) in [5.41, 5.74) is 19.0. The fourth-order valence-electron chi connectivity index (χ4n) is 2.20. The van der Waals surface area contributed by atoms with Crippen molar-refractivity contribution in [3.63, 3.8) is 0 Å². The number of nitrogens with two attached hydrogens (primary N) is 3. The van der Waals surface area contributed by atoms with E-state index in [9.17, 15) is 4.79 Å². The number of rotatable bonds is 2. The van der Waals surface area contributed by atoms with Crippen LogP contribution in [0.4, 0.5) is 17.1 Å². The van der Waals surface area contributed by atoms with Gasteiger partial charge in [0, 0.05) is 18.8 Å². The van der Waals surface area contributed by atoms with Crippen molar-refractivity contribution in [2.75, 3.05) is 29.5 Å². The van der Waals surface area contributed by atoms with Gasteiger partial charge in [-0.1, -0.05) is 0 Å². The zero-order valence-electron chi connectivity index (χ0n) is 9.73. The van der Waals surface area contributed by atoms with Gasteiger partial charge in [-0.2, -0.15) is 0 Å². The summed E-state index contributed by atoms with van der Waals surface area (Å²) in [7, 11) is 0. The zero-order chi connectivity index (χ0) is 12.4. The molecule has 1 unspecified atom stereocenters. The van der Waals surface area contributed by atoms with Crippen molar-refractivity contribution in [3.05, 3.63) is 18.2 Å². The van der Waals surface area contributed by atoms with Gasteiger partial charge in [0.25, 0.3) is 0 Å². The van der Waals surface area contributed by atoms with E-state index in [0.29, 0.717) is 17.9 Å². The van der Waals surface area contributed by atoms with Gasteiger partial charge in [-0.15, -0.1) is 0 Å². The van der Waals surface area contributed by atoms with E-state index in [2.05, 4.69) is 4.90 Å². The van der Waals surface area contributed by atoms with Gasteiger partial charge < -0.3 is 22.1 Å². The van der Waals surface area contributed by atoms with Crippen LogP contribution < -0.4 is 22.1 Å². The number of hydrogen-bond acceptors (Lipinski definition) is 4. The van der Waals surface area contributed by atoms with Gasteiger partial charge in [0.15, 0.2) is 0 Å². The minimum Gasteiger partial charge on any atom is -0.397 e. The van der Waals surface area contributed by atoms with E-state index in [1.807, 2.05) is 12.1 Å². The molecule has 1 saturated heterocycles. The predicted octanol–water partition coefficient (Wildman–Crippen LogP) is 0.553. The van der Waals surface area contributed by atoms with Gasteiger partial charge >= 0.3 is 0 Å². The Bertz CT molecular complexity index is 433. The number of piperidine rings is 1. The Morgan fingerprint density at radius 1 is 1.29 bits per heavy atom. The van der Waals surface area contributed by atoms with E-state index in [1.54, 1.807) is 6.07 Å². The van der Waals surface area contributed by atoms with E-state index in [1.165, 1.54) is 0 Å². The van der Waals surface area contributed by atoms with E-state index in [4.69, 9.17) is 17.2 Å². The summed E-state index contributed by atoms with van der Waals surface area (Å²) >= 11 is 0. The maximum Gasteiger partial charge on any atom is 0.222 e. The molecule has 5 heteroatoms. The molecule has 17 heavy (non-hydrogen) atoms. The summed E-state index contributed by atoms with van der Waals surface area (Å²) in [6.45, 7) is 1.59. The second-order valence-corrected chi connectivity index (χ2v) is 4.50. The highest BCUT2D eigenvalue weighted by molar-refractivity contribution is 5.78. The highest BCUT2D eigenvalue weighted by Crippen LogP contribution is 2.27. The van der Waals surface area contributed by atoms with Crippen molar-refractivity contribution in [2.24, 2.45) is 11.7 Å². The topological polar surface area (TPSA) is 98.4 Å². The number of hydrogen-bond donors (Lipinski definition) is 3. The maximum absolute atomic E-state index is 11.2. The maximum atomic E-state index is 11.2. The Morgan fingerprint density at radius 2 is 2.06 bits per heavy atom. The van der Waals surface area contributed by atoms with Crippen LogP contribution in [0, 0.1) is 5.92 Å². The third kappa shape index (κ3) is 2.43. The van der Waals surface area contributed by atoms with Crippen LogP contribution in [0.5, 0.6) is 0 Å². The van der Waals surface area contributed by atoms with Crippen LogP contribution in [0.15, 0.2) is 18.2 Å². The summed E-state index contributed by atoms with van der Waals surface area (Å²) in [6.07, 6.45) is 1.84. The molecule has 1 heterocycles. The molecular weight excluding hydrogens is 216 g/mol. The highest BCUT2D eigenvalue weighted by Gasteiger charge is 2.24. The first-order valence-corrected chi connectivity index (χ1v) is 5.77. The molecule has 1 atom stereocenters. The summed E-state index contributed by atoms with van der Waals surface area (Å²) < 4.78 is 0. The number of carbonyl (C=O) groups is 1. The number of anilines is 3. The third-order valence-electron chi connectivity index (χ3n) is 3.26. The molecule has 1 aromatic rings. The van der Waals surface area contributed by atoms with E-state index in [0.717, 1.165) is 25.1 Å². The molecule has 1 aliphatic heterocycles. The summed E-state index contributed by atoms with van der Waals surface area (Å²) in [5, 5.41) is 0. The number of primary amides is 1. The van der Waals surface area contributed by atoms with Crippen LogP contribution in [0.2, 0.25) is 0 Å². The Morgan fingerprint density at radius 3 is 2.71 bits per heavy atom. The molecule has 0 spiro atoms. The minimum atomic E-state index is -0.224. The molecule has 6 N–H and O–H groups in total. The molecule has 0 aromatic heterocycles. The van der Waals surface area contributed by atoms with Crippen LogP contribution >= 0.6 is 0 Å². The summed E-state index contributed by atoms with van der Waals surface area (Å²) in [4.78, 5) is 13.3. The van der Waals surface area contributed by atoms with Gasteiger partial charge in [-0.25, -0.2) is 0 Å². The van der Waals surface area contributed by atoms with Crippen molar-refractivity contribution < 1.29 is 4.79 Å². The van der Waals surface area contributed by atoms with E-state index in [-0.39, 0.29) is 11.8 Å². The Hall–Kier alpha value is -1.91. The molecule has 1 aromatic carbocycles. The zero-order valence-corrected chi connectivity index (χ0v) is 9.73. The SMILES string of the molecule is NC(=O)C1CCCN(c2ccc(N)c(N)c2)C1. The third-order valence-corrected chi connectivity index (χ3v) is 3.26. The van der Waals surface area contributed by atoms with Crippen molar-refractivity contribution in [2.45, 2.75) is 12.8 Å². The fourth-order valence-corrected chi connectivity index (χ4v) is 2.20. The molecule has 0 saturated carbocycles. The van der Waals surface area contributed by atoms with Crippen LogP contribution in [-0.2, 0) is 4.79 Å². The van der Waals surface area contributed by atoms with Crippen molar-refractivity contribution in [1.29, 1.82) is 0 Å². The Kier molecular flexibility index (Phi) is 3.08. The van der Waals surface area contributed by atoms with Crippen LogP contribution in [0.1, 0.15) is 12.8 Å². The lowest BCUT2D eigenvalue weighted by molar-refractivity contribution is -0.122. The van der Waals surface area contributed by atoms with E-state index < -0.39 is 0 Å². The Labute approximate surface area is 101 Å². The van der Waals surface area contributed by atoms with Gasteiger partial charge in [0.05, 0.1) is 17.3 Å². The highest BCUT2D eigenvalue weighted by atomic mass is 16.1. The molecule has 1 amide bonds. The fraction of sp³-hybridized carbons (Fsp3) is 0.417. The second-order valence-electron chi connectivity index (χ2n) is 4.50. The lowest BCUT2D eigenvalue weighted by Gasteiger charge is -2.33. The molecule has 0 aliphatic carbocycles. The largest absolute Gasteiger partial charge is 0.397 e. The molecule has 1 fully saturated rings. The van der Waals surface area contributed by atoms with Crippen molar-refractivity contribution in [1.82, 2.24) is 0 Å². The first kappa shape index (κ1) is 11.6. The average Bonchev–Trinajstić information content (AvgIpc) is 2.33. The molecule has 5 nitrogen and oxygen atoms in total. The number of nitrogen functional groups attached to an aromatic ring is 2. The smallest absolute Gasteiger partial charge is 0.222 e. The van der Waals surface area contributed by atoms with Crippen molar-refractivity contribution in [3.8, 4) is 0 Å². The van der Waals surface area contributed by atoms with Crippen LogP contribution in [0.3, 0.4) is 0 Å². The minimum absolute atomic E-state index is 0.0671. The lowest BCUT2D eigenvalue weighted by atomic mass is 9.97. The molecule has 0 radical (unpaired) electrons. The molecule has 1 aliphatic rings. The first-order chi connectivity index (χ1) is 8.08.